The lowest BCUT2D eigenvalue weighted by Gasteiger charge is -2.12. The van der Waals surface area contributed by atoms with Crippen LogP contribution in [-0.2, 0) is 9.59 Å². The number of methoxy groups -OCH3 is 1. The predicted octanol–water partition coefficient (Wildman–Crippen LogP) is 0.521. The predicted molar refractivity (Wildman–Crippen MR) is 70.9 cm³/mol. The number of hydrogen-bond donors (Lipinski definition) is 3. The van der Waals surface area contributed by atoms with Crippen molar-refractivity contribution in [2.24, 2.45) is 0 Å². The van der Waals surface area contributed by atoms with Gasteiger partial charge in [-0.1, -0.05) is 0 Å². The molecule has 2 amide bonds. The molecule has 1 rings (SSSR count). The molecule has 0 radical (unpaired) electrons. The lowest BCUT2D eigenvalue weighted by molar-refractivity contribution is -0.136. The Labute approximate surface area is 111 Å². The summed E-state index contributed by atoms with van der Waals surface area (Å²) in [5, 5.41) is 13.7. The Morgan fingerprint density at radius 1 is 1.26 bits per heavy atom. The summed E-state index contributed by atoms with van der Waals surface area (Å²) in [7, 11) is 1.55. The second kappa shape index (κ2) is 7.38. The molecule has 19 heavy (non-hydrogen) atoms. The highest BCUT2D eigenvalue weighted by atomic mass is 16.5. The lowest BCUT2D eigenvalue weighted by atomic mass is 10.2. The molecule has 0 spiro atoms. The zero-order chi connectivity index (χ0) is 14.3. The van der Waals surface area contributed by atoms with E-state index in [1.807, 2.05) is 0 Å². The highest BCUT2D eigenvalue weighted by Gasteiger charge is 2.15. The normalized spacial score (nSPS) is 11.5. The van der Waals surface area contributed by atoms with Crippen molar-refractivity contribution in [2.45, 2.75) is 19.4 Å². The molecule has 6 nitrogen and oxygen atoms in total. The molecule has 0 aliphatic carbocycles. The van der Waals surface area contributed by atoms with Gasteiger partial charge < -0.3 is 20.5 Å². The number of rotatable bonds is 5. The number of benzene rings is 1. The van der Waals surface area contributed by atoms with Gasteiger partial charge in [0, 0.05) is 18.3 Å². The Bertz CT molecular complexity index is 431. The zero-order valence-electron chi connectivity index (χ0n) is 11.0. The average molecular weight is 266 g/mol. The molecule has 0 unspecified atom stereocenters. The first-order valence-corrected chi connectivity index (χ1v) is 5.93. The van der Waals surface area contributed by atoms with Gasteiger partial charge in [-0.3, -0.25) is 9.59 Å². The summed E-state index contributed by atoms with van der Waals surface area (Å²) in [6.07, 6.45) is 0.404. The quantitative estimate of drug-likeness (QED) is 0.678. The summed E-state index contributed by atoms with van der Waals surface area (Å²) in [5.74, 6) is -0.800. The van der Waals surface area contributed by atoms with E-state index >= 15 is 0 Å². The molecule has 0 aromatic heterocycles. The van der Waals surface area contributed by atoms with Gasteiger partial charge in [0.05, 0.1) is 7.11 Å². The van der Waals surface area contributed by atoms with Crippen LogP contribution < -0.4 is 15.4 Å². The molecule has 1 aromatic carbocycles. The molecule has 1 atom stereocenters. The Kier molecular flexibility index (Phi) is 5.81. The SMILES string of the molecule is COc1ccc(NC(=O)C(=O)N[C@H](C)CCO)cc1. The first-order chi connectivity index (χ1) is 9.06. The summed E-state index contributed by atoms with van der Waals surface area (Å²) in [5.41, 5.74) is 0.510. The molecule has 104 valence electrons. The molecule has 0 bridgehead atoms. The van der Waals surface area contributed by atoms with E-state index in [4.69, 9.17) is 9.84 Å². The number of aliphatic hydroxyl groups excluding tert-OH is 1. The highest BCUT2D eigenvalue weighted by Crippen LogP contribution is 2.14. The summed E-state index contributed by atoms with van der Waals surface area (Å²) in [6, 6.07) is 6.39. The number of hydrogen-bond acceptors (Lipinski definition) is 4. The molecule has 0 aliphatic heterocycles. The number of carbonyl (C=O) groups is 2. The zero-order valence-corrected chi connectivity index (χ0v) is 11.0. The number of aliphatic hydroxyl groups is 1. The van der Waals surface area contributed by atoms with Crippen molar-refractivity contribution < 1.29 is 19.4 Å². The summed E-state index contributed by atoms with van der Waals surface area (Å²) in [6.45, 7) is 1.68. The minimum absolute atomic E-state index is 0.0401. The molecule has 3 N–H and O–H groups in total. The van der Waals surface area contributed by atoms with E-state index in [2.05, 4.69) is 10.6 Å². The van der Waals surface area contributed by atoms with Crippen LogP contribution >= 0.6 is 0 Å². The van der Waals surface area contributed by atoms with Gasteiger partial charge in [-0.05, 0) is 37.6 Å². The van der Waals surface area contributed by atoms with Crippen LogP contribution in [0.3, 0.4) is 0 Å². The van der Waals surface area contributed by atoms with Crippen LogP contribution in [0.4, 0.5) is 5.69 Å². The molecule has 0 aliphatic rings. The number of carbonyl (C=O) groups excluding carboxylic acids is 2. The number of nitrogens with one attached hydrogen (secondary N) is 2. The van der Waals surface area contributed by atoms with Gasteiger partial charge in [0.15, 0.2) is 0 Å². The van der Waals surface area contributed by atoms with Crippen molar-refractivity contribution in [3.8, 4) is 5.75 Å². The molecule has 1 aromatic rings. The van der Waals surface area contributed by atoms with Crippen molar-refractivity contribution >= 4 is 17.5 Å². The number of ether oxygens (including phenoxy) is 1. The van der Waals surface area contributed by atoms with Gasteiger partial charge in [-0.2, -0.15) is 0 Å². The average Bonchev–Trinajstić information content (AvgIpc) is 2.39. The second-order valence-electron chi connectivity index (χ2n) is 4.07. The maximum atomic E-state index is 11.6. The first kappa shape index (κ1) is 15.0. The van der Waals surface area contributed by atoms with E-state index < -0.39 is 11.8 Å². The Hall–Kier alpha value is -2.08. The number of anilines is 1. The lowest BCUT2D eigenvalue weighted by Crippen LogP contribution is -2.40. The van der Waals surface area contributed by atoms with Crippen molar-refractivity contribution in [1.82, 2.24) is 5.32 Å². The van der Waals surface area contributed by atoms with Crippen LogP contribution in [0.25, 0.3) is 0 Å². The van der Waals surface area contributed by atoms with Crippen LogP contribution in [0.2, 0.25) is 0 Å². The molecular weight excluding hydrogens is 248 g/mol. The van der Waals surface area contributed by atoms with Crippen molar-refractivity contribution in [1.29, 1.82) is 0 Å². The van der Waals surface area contributed by atoms with Crippen LogP contribution in [0.15, 0.2) is 24.3 Å². The molecule has 0 fully saturated rings. The minimum Gasteiger partial charge on any atom is -0.497 e. The standard InChI is InChI=1S/C13H18N2O4/c1-9(7-8-16)14-12(17)13(18)15-10-3-5-11(19-2)6-4-10/h3-6,9,16H,7-8H2,1-2H3,(H,14,17)(H,15,18)/t9-/m1/s1. The molecule has 6 heteroatoms. The summed E-state index contributed by atoms with van der Waals surface area (Å²) >= 11 is 0. The summed E-state index contributed by atoms with van der Waals surface area (Å²) in [4.78, 5) is 23.1. The smallest absolute Gasteiger partial charge is 0.313 e. The Morgan fingerprint density at radius 3 is 2.42 bits per heavy atom. The topological polar surface area (TPSA) is 87.7 Å². The van der Waals surface area contributed by atoms with E-state index in [-0.39, 0.29) is 12.6 Å². The van der Waals surface area contributed by atoms with E-state index in [1.54, 1.807) is 38.3 Å². The Morgan fingerprint density at radius 2 is 1.89 bits per heavy atom. The van der Waals surface area contributed by atoms with E-state index in [1.165, 1.54) is 0 Å². The minimum atomic E-state index is -0.741. The third kappa shape index (κ3) is 4.97. The maximum absolute atomic E-state index is 11.6. The maximum Gasteiger partial charge on any atom is 0.313 e. The highest BCUT2D eigenvalue weighted by molar-refractivity contribution is 6.39. The fourth-order valence-electron chi connectivity index (χ4n) is 1.42. The molecule has 0 saturated carbocycles. The van der Waals surface area contributed by atoms with E-state index in [0.29, 0.717) is 17.9 Å². The summed E-state index contributed by atoms with van der Waals surface area (Å²) < 4.78 is 4.99. The third-order valence-electron chi connectivity index (χ3n) is 2.49. The molecular formula is C13H18N2O4. The van der Waals surface area contributed by atoms with Crippen LogP contribution in [0, 0.1) is 0 Å². The van der Waals surface area contributed by atoms with Crippen molar-refractivity contribution in [2.75, 3.05) is 19.0 Å². The Balaban J connectivity index is 2.51. The van der Waals surface area contributed by atoms with Crippen molar-refractivity contribution in [3.63, 3.8) is 0 Å². The molecule has 0 heterocycles. The van der Waals surface area contributed by atoms with Gasteiger partial charge in [0.1, 0.15) is 5.75 Å². The fourth-order valence-corrected chi connectivity index (χ4v) is 1.42. The van der Waals surface area contributed by atoms with Crippen LogP contribution in [0.1, 0.15) is 13.3 Å². The van der Waals surface area contributed by atoms with Gasteiger partial charge in [0.2, 0.25) is 0 Å². The molecule has 0 saturated heterocycles. The van der Waals surface area contributed by atoms with Crippen molar-refractivity contribution in [3.05, 3.63) is 24.3 Å². The van der Waals surface area contributed by atoms with Crippen LogP contribution in [-0.4, -0.2) is 36.7 Å². The van der Waals surface area contributed by atoms with E-state index in [0.717, 1.165) is 0 Å². The van der Waals surface area contributed by atoms with Gasteiger partial charge >= 0.3 is 11.8 Å². The third-order valence-corrected chi connectivity index (χ3v) is 2.49. The fraction of sp³-hybridized carbons (Fsp3) is 0.385. The van der Waals surface area contributed by atoms with Crippen LogP contribution in [0.5, 0.6) is 5.75 Å². The monoisotopic (exact) mass is 266 g/mol. The number of amides is 2. The second-order valence-corrected chi connectivity index (χ2v) is 4.07. The van der Waals surface area contributed by atoms with Gasteiger partial charge in [-0.25, -0.2) is 0 Å². The first-order valence-electron chi connectivity index (χ1n) is 5.93. The van der Waals surface area contributed by atoms with E-state index in [9.17, 15) is 9.59 Å². The van der Waals surface area contributed by atoms with Gasteiger partial charge in [-0.15, -0.1) is 0 Å². The largest absolute Gasteiger partial charge is 0.497 e. The van der Waals surface area contributed by atoms with Gasteiger partial charge in [0.25, 0.3) is 0 Å².